The number of anilines is 1. The van der Waals surface area contributed by atoms with E-state index in [2.05, 4.69) is 15.5 Å². The molecule has 1 heterocycles. The van der Waals surface area contributed by atoms with E-state index in [4.69, 9.17) is 0 Å². The topological polar surface area (TPSA) is 54.9 Å². The summed E-state index contributed by atoms with van der Waals surface area (Å²) >= 11 is 0. The lowest BCUT2D eigenvalue weighted by molar-refractivity contribution is -0.116. The standard InChI is InChI=1S/C8H11N3O/c1-2-4-8(12)10-7-5-3-6-9-11-7/h3,5-6H,2,4H2,1H3,(H,10,11,12). The van der Waals surface area contributed by atoms with Crippen molar-refractivity contribution in [3.63, 3.8) is 0 Å². The lowest BCUT2D eigenvalue weighted by atomic mass is 10.3. The highest BCUT2D eigenvalue weighted by Crippen LogP contribution is 1.99. The Balaban J connectivity index is 2.47. The molecule has 12 heavy (non-hydrogen) atoms. The third kappa shape index (κ3) is 2.65. The molecule has 0 fully saturated rings. The van der Waals surface area contributed by atoms with Crippen LogP contribution >= 0.6 is 0 Å². The first kappa shape index (κ1) is 8.64. The van der Waals surface area contributed by atoms with Crippen LogP contribution < -0.4 is 5.32 Å². The molecule has 0 aliphatic rings. The fraction of sp³-hybridized carbons (Fsp3) is 0.375. The van der Waals surface area contributed by atoms with Crippen molar-refractivity contribution >= 4 is 11.7 Å². The Kier molecular flexibility index (Phi) is 3.19. The first-order valence-corrected chi connectivity index (χ1v) is 3.90. The van der Waals surface area contributed by atoms with Crippen LogP contribution in [0.1, 0.15) is 19.8 Å². The van der Waals surface area contributed by atoms with Crippen LogP contribution in [0.25, 0.3) is 0 Å². The molecule has 1 N–H and O–H groups in total. The maximum absolute atomic E-state index is 11.0. The van der Waals surface area contributed by atoms with Crippen LogP contribution in [-0.2, 0) is 4.79 Å². The van der Waals surface area contributed by atoms with E-state index in [0.29, 0.717) is 12.2 Å². The van der Waals surface area contributed by atoms with Crippen LogP contribution in [0.15, 0.2) is 18.3 Å². The van der Waals surface area contributed by atoms with Gasteiger partial charge in [0.2, 0.25) is 5.91 Å². The van der Waals surface area contributed by atoms with Gasteiger partial charge in [-0.3, -0.25) is 4.79 Å². The van der Waals surface area contributed by atoms with Gasteiger partial charge in [-0.2, -0.15) is 5.10 Å². The molecule has 64 valence electrons. The molecule has 1 amide bonds. The van der Waals surface area contributed by atoms with Gasteiger partial charge in [0.25, 0.3) is 0 Å². The Morgan fingerprint density at radius 2 is 2.50 bits per heavy atom. The zero-order valence-electron chi connectivity index (χ0n) is 6.95. The van der Waals surface area contributed by atoms with E-state index in [1.54, 1.807) is 18.3 Å². The van der Waals surface area contributed by atoms with Crippen molar-refractivity contribution in [2.24, 2.45) is 0 Å². The third-order valence-corrected chi connectivity index (χ3v) is 1.32. The first-order valence-electron chi connectivity index (χ1n) is 3.90. The second kappa shape index (κ2) is 4.43. The van der Waals surface area contributed by atoms with Gasteiger partial charge in [0.1, 0.15) is 0 Å². The zero-order valence-corrected chi connectivity index (χ0v) is 6.95. The summed E-state index contributed by atoms with van der Waals surface area (Å²) in [6.45, 7) is 1.95. The van der Waals surface area contributed by atoms with E-state index in [-0.39, 0.29) is 5.91 Å². The number of aromatic nitrogens is 2. The fourth-order valence-electron chi connectivity index (χ4n) is 0.801. The van der Waals surface area contributed by atoms with Crippen molar-refractivity contribution in [3.8, 4) is 0 Å². The Morgan fingerprint density at radius 1 is 1.67 bits per heavy atom. The van der Waals surface area contributed by atoms with E-state index in [1.165, 1.54) is 0 Å². The van der Waals surface area contributed by atoms with E-state index < -0.39 is 0 Å². The van der Waals surface area contributed by atoms with Crippen LogP contribution in [0.4, 0.5) is 5.82 Å². The molecule has 0 bridgehead atoms. The fourth-order valence-corrected chi connectivity index (χ4v) is 0.801. The highest BCUT2D eigenvalue weighted by atomic mass is 16.1. The molecule has 0 saturated carbocycles. The van der Waals surface area contributed by atoms with Crippen molar-refractivity contribution in [2.75, 3.05) is 5.32 Å². The average Bonchev–Trinajstić information content (AvgIpc) is 2.06. The molecule has 1 aromatic rings. The molecule has 0 aromatic carbocycles. The lowest BCUT2D eigenvalue weighted by Gasteiger charge is -2.00. The molecule has 4 heteroatoms. The molecule has 4 nitrogen and oxygen atoms in total. The number of hydrogen-bond acceptors (Lipinski definition) is 3. The number of rotatable bonds is 3. The van der Waals surface area contributed by atoms with E-state index in [9.17, 15) is 4.79 Å². The Morgan fingerprint density at radius 3 is 3.08 bits per heavy atom. The van der Waals surface area contributed by atoms with Crippen molar-refractivity contribution in [1.82, 2.24) is 10.2 Å². The average molecular weight is 165 g/mol. The molecule has 0 atom stereocenters. The largest absolute Gasteiger partial charge is 0.309 e. The molecule has 1 aromatic heterocycles. The summed E-state index contributed by atoms with van der Waals surface area (Å²) in [5.41, 5.74) is 0. The molecular formula is C8H11N3O. The highest BCUT2D eigenvalue weighted by molar-refractivity contribution is 5.89. The van der Waals surface area contributed by atoms with Crippen molar-refractivity contribution in [3.05, 3.63) is 18.3 Å². The smallest absolute Gasteiger partial charge is 0.225 e. The Bertz CT molecular complexity index is 248. The van der Waals surface area contributed by atoms with Gasteiger partial charge in [-0.05, 0) is 18.6 Å². The monoisotopic (exact) mass is 165 g/mol. The second-order valence-corrected chi connectivity index (χ2v) is 2.41. The number of amides is 1. The zero-order chi connectivity index (χ0) is 8.81. The first-order chi connectivity index (χ1) is 5.83. The van der Waals surface area contributed by atoms with Crippen LogP contribution in [0.3, 0.4) is 0 Å². The summed E-state index contributed by atoms with van der Waals surface area (Å²) in [7, 11) is 0. The van der Waals surface area contributed by atoms with Gasteiger partial charge >= 0.3 is 0 Å². The van der Waals surface area contributed by atoms with Crippen molar-refractivity contribution < 1.29 is 4.79 Å². The molecule has 0 saturated heterocycles. The number of nitrogens with zero attached hydrogens (tertiary/aromatic N) is 2. The minimum absolute atomic E-state index is 0.0157. The van der Waals surface area contributed by atoms with E-state index >= 15 is 0 Å². The van der Waals surface area contributed by atoms with E-state index in [0.717, 1.165) is 6.42 Å². The van der Waals surface area contributed by atoms with Gasteiger partial charge in [0.05, 0.1) is 0 Å². The van der Waals surface area contributed by atoms with Gasteiger partial charge in [0.15, 0.2) is 5.82 Å². The normalized spacial score (nSPS) is 9.42. The van der Waals surface area contributed by atoms with Gasteiger partial charge in [-0.1, -0.05) is 6.92 Å². The molecule has 0 unspecified atom stereocenters. The Hall–Kier alpha value is -1.45. The molecule has 0 spiro atoms. The lowest BCUT2D eigenvalue weighted by Crippen LogP contribution is -2.11. The summed E-state index contributed by atoms with van der Waals surface area (Å²) in [6.07, 6.45) is 2.93. The minimum atomic E-state index is -0.0157. The van der Waals surface area contributed by atoms with Crippen molar-refractivity contribution in [1.29, 1.82) is 0 Å². The van der Waals surface area contributed by atoms with E-state index in [1.807, 2.05) is 6.92 Å². The third-order valence-electron chi connectivity index (χ3n) is 1.32. The SMILES string of the molecule is CCCC(=O)Nc1cccnn1. The molecular weight excluding hydrogens is 154 g/mol. The maximum Gasteiger partial charge on any atom is 0.225 e. The minimum Gasteiger partial charge on any atom is -0.309 e. The van der Waals surface area contributed by atoms with Gasteiger partial charge < -0.3 is 5.32 Å². The maximum atomic E-state index is 11.0. The Labute approximate surface area is 71.0 Å². The molecule has 1 rings (SSSR count). The van der Waals surface area contributed by atoms with Crippen LogP contribution in [-0.4, -0.2) is 16.1 Å². The van der Waals surface area contributed by atoms with Crippen LogP contribution in [0.2, 0.25) is 0 Å². The summed E-state index contributed by atoms with van der Waals surface area (Å²) in [5, 5.41) is 9.98. The second-order valence-electron chi connectivity index (χ2n) is 2.41. The van der Waals surface area contributed by atoms with Gasteiger partial charge in [-0.25, -0.2) is 0 Å². The number of carbonyl (C=O) groups excluding carboxylic acids is 1. The van der Waals surface area contributed by atoms with Crippen LogP contribution in [0.5, 0.6) is 0 Å². The summed E-state index contributed by atoms with van der Waals surface area (Å²) in [5.74, 6) is 0.494. The molecule has 0 radical (unpaired) electrons. The van der Waals surface area contributed by atoms with Crippen molar-refractivity contribution in [2.45, 2.75) is 19.8 Å². The molecule has 0 aliphatic heterocycles. The summed E-state index contributed by atoms with van der Waals surface area (Å²) < 4.78 is 0. The predicted molar refractivity (Wildman–Crippen MR) is 45.6 cm³/mol. The summed E-state index contributed by atoms with van der Waals surface area (Å²) in [6, 6.07) is 3.44. The summed E-state index contributed by atoms with van der Waals surface area (Å²) in [4.78, 5) is 11.0. The predicted octanol–water partition coefficient (Wildman–Crippen LogP) is 1.22. The van der Waals surface area contributed by atoms with Gasteiger partial charge in [-0.15, -0.1) is 5.10 Å². The number of nitrogens with one attached hydrogen (secondary N) is 1. The van der Waals surface area contributed by atoms with Gasteiger partial charge in [0, 0.05) is 12.6 Å². The van der Waals surface area contributed by atoms with Crippen LogP contribution in [0, 0.1) is 0 Å². The quantitative estimate of drug-likeness (QED) is 0.732. The molecule has 0 aliphatic carbocycles. The highest BCUT2D eigenvalue weighted by Gasteiger charge is 1.99. The number of carbonyl (C=O) groups is 1. The number of hydrogen-bond donors (Lipinski definition) is 1.